The maximum absolute atomic E-state index is 2.51. The normalized spacial score (nSPS) is 20.3. The lowest BCUT2D eigenvalue weighted by Crippen LogP contribution is -2.26. The van der Waals surface area contributed by atoms with Gasteiger partial charge in [0.1, 0.15) is 0 Å². The van der Waals surface area contributed by atoms with Crippen LogP contribution in [0.25, 0.3) is 21.5 Å². The molecule has 0 heteroatoms. The molecule has 0 unspecified atom stereocenters. The third-order valence-corrected chi connectivity index (χ3v) is 7.75. The van der Waals surface area contributed by atoms with E-state index < -0.39 is 0 Å². The molecule has 1 spiro atoms. The Labute approximate surface area is 173 Å². The molecule has 0 atom stereocenters. The van der Waals surface area contributed by atoms with E-state index >= 15 is 0 Å². The van der Waals surface area contributed by atoms with Crippen LogP contribution in [0.5, 0.6) is 0 Å². The van der Waals surface area contributed by atoms with Crippen LogP contribution in [-0.2, 0) is 16.2 Å². The second-order valence-corrected chi connectivity index (χ2v) is 10.7. The SMILES string of the molecule is CC1(C)CC2(CC(C)(C)c3cc4ccccc4cc32)c2cc3ccccc3cc21. The summed E-state index contributed by atoms with van der Waals surface area (Å²) in [7, 11) is 0. The number of hydrogen-bond acceptors (Lipinski definition) is 0. The molecule has 0 fully saturated rings. The molecule has 0 heterocycles. The highest BCUT2D eigenvalue weighted by atomic mass is 14.6. The van der Waals surface area contributed by atoms with E-state index in [4.69, 9.17) is 0 Å². The Morgan fingerprint density at radius 3 is 1.14 bits per heavy atom. The number of fused-ring (bicyclic) bond motifs is 6. The highest BCUT2D eigenvalue weighted by Gasteiger charge is 2.56. The number of rotatable bonds is 0. The molecule has 2 aliphatic rings. The van der Waals surface area contributed by atoms with Crippen LogP contribution >= 0.6 is 0 Å². The summed E-state index contributed by atoms with van der Waals surface area (Å²) >= 11 is 0. The van der Waals surface area contributed by atoms with Crippen LogP contribution in [0.4, 0.5) is 0 Å². The van der Waals surface area contributed by atoms with Gasteiger partial charge in [-0.2, -0.15) is 0 Å². The molecule has 144 valence electrons. The summed E-state index contributed by atoms with van der Waals surface area (Å²) in [5, 5.41) is 5.48. The van der Waals surface area contributed by atoms with Gasteiger partial charge in [0.05, 0.1) is 0 Å². The molecule has 0 radical (unpaired) electrons. The van der Waals surface area contributed by atoms with Gasteiger partial charge in [0, 0.05) is 5.41 Å². The minimum absolute atomic E-state index is 0.117. The van der Waals surface area contributed by atoms with E-state index in [0.717, 1.165) is 0 Å². The summed E-state index contributed by atoms with van der Waals surface area (Å²) in [5.41, 5.74) is 6.73. The van der Waals surface area contributed by atoms with E-state index in [9.17, 15) is 0 Å². The van der Waals surface area contributed by atoms with Crippen molar-refractivity contribution < 1.29 is 0 Å². The first kappa shape index (κ1) is 17.3. The Kier molecular flexibility index (Phi) is 3.16. The molecule has 2 aliphatic carbocycles. The summed E-state index contributed by atoms with van der Waals surface area (Å²) in [4.78, 5) is 0. The fourth-order valence-electron chi connectivity index (χ4n) is 6.68. The average Bonchev–Trinajstić information content (AvgIpc) is 3.05. The summed E-state index contributed by atoms with van der Waals surface area (Å²) < 4.78 is 0. The van der Waals surface area contributed by atoms with Crippen molar-refractivity contribution in [3.8, 4) is 0 Å². The van der Waals surface area contributed by atoms with Crippen molar-refractivity contribution in [2.45, 2.75) is 56.8 Å². The van der Waals surface area contributed by atoms with Crippen LogP contribution in [-0.4, -0.2) is 0 Å². The molecular weight excluding hydrogens is 348 g/mol. The van der Waals surface area contributed by atoms with Gasteiger partial charge in [-0.1, -0.05) is 88.4 Å². The van der Waals surface area contributed by atoms with Crippen molar-refractivity contribution in [3.05, 3.63) is 95.1 Å². The Hall–Kier alpha value is -2.60. The van der Waals surface area contributed by atoms with E-state index in [2.05, 4.69) is 100 Å². The number of benzene rings is 4. The highest BCUT2D eigenvalue weighted by molar-refractivity contribution is 5.88. The van der Waals surface area contributed by atoms with Crippen molar-refractivity contribution in [3.63, 3.8) is 0 Å². The van der Waals surface area contributed by atoms with Crippen LogP contribution in [0.2, 0.25) is 0 Å². The summed E-state index contributed by atoms with van der Waals surface area (Å²) in [6, 6.07) is 27.7. The summed E-state index contributed by atoms with van der Waals surface area (Å²) in [6.45, 7) is 9.78. The molecule has 4 aromatic rings. The zero-order valence-corrected chi connectivity index (χ0v) is 17.8. The van der Waals surface area contributed by atoms with E-state index in [1.54, 1.807) is 22.3 Å². The molecular formula is C29H28. The number of hydrogen-bond donors (Lipinski definition) is 0. The molecule has 4 aromatic carbocycles. The van der Waals surface area contributed by atoms with E-state index in [-0.39, 0.29) is 16.2 Å². The molecule has 29 heavy (non-hydrogen) atoms. The van der Waals surface area contributed by atoms with Gasteiger partial charge in [-0.15, -0.1) is 0 Å². The second-order valence-electron chi connectivity index (χ2n) is 10.7. The molecule has 0 aliphatic heterocycles. The minimum Gasteiger partial charge on any atom is -0.0616 e. The molecule has 0 saturated heterocycles. The lowest BCUT2D eigenvalue weighted by molar-refractivity contribution is 0.350. The Bertz CT molecular complexity index is 1200. The maximum Gasteiger partial charge on any atom is 0.0225 e. The zero-order chi connectivity index (χ0) is 20.0. The Morgan fingerprint density at radius 2 is 0.793 bits per heavy atom. The third kappa shape index (κ3) is 2.21. The monoisotopic (exact) mass is 376 g/mol. The Balaban J connectivity index is 1.71. The van der Waals surface area contributed by atoms with E-state index in [1.807, 2.05) is 0 Å². The predicted molar refractivity (Wildman–Crippen MR) is 124 cm³/mol. The smallest absolute Gasteiger partial charge is 0.0225 e. The van der Waals surface area contributed by atoms with E-state index in [1.165, 1.54) is 34.4 Å². The first-order valence-electron chi connectivity index (χ1n) is 10.9. The lowest BCUT2D eigenvalue weighted by Gasteiger charge is -2.30. The quantitative estimate of drug-likeness (QED) is 0.296. The van der Waals surface area contributed by atoms with Crippen LogP contribution in [0.15, 0.2) is 72.8 Å². The van der Waals surface area contributed by atoms with Gasteiger partial charge in [0.15, 0.2) is 0 Å². The van der Waals surface area contributed by atoms with Crippen molar-refractivity contribution in [1.29, 1.82) is 0 Å². The zero-order valence-electron chi connectivity index (χ0n) is 17.8. The van der Waals surface area contributed by atoms with Crippen LogP contribution < -0.4 is 0 Å². The third-order valence-electron chi connectivity index (χ3n) is 7.75. The average molecular weight is 377 g/mol. The Morgan fingerprint density at radius 1 is 0.483 bits per heavy atom. The second kappa shape index (κ2) is 5.30. The molecule has 0 bridgehead atoms. The topological polar surface area (TPSA) is 0 Å². The fourth-order valence-corrected chi connectivity index (χ4v) is 6.68. The molecule has 6 rings (SSSR count). The van der Waals surface area contributed by atoms with Gasteiger partial charge >= 0.3 is 0 Å². The van der Waals surface area contributed by atoms with Crippen LogP contribution in [0.3, 0.4) is 0 Å². The van der Waals surface area contributed by atoms with Crippen LogP contribution in [0, 0.1) is 0 Å². The van der Waals surface area contributed by atoms with Crippen molar-refractivity contribution in [1.82, 2.24) is 0 Å². The van der Waals surface area contributed by atoms with Crippen LogP contribution in [0.1, 0.15) is 62.8 Å². The standard InChI is InChI=1S/C29H28/c1-27(2)17-29(25-15-21-11-7-5-9-19(21)13-23(25)27)18-28(3,4)24-14-20-10-6-8-12-22(20)16-26(24)29/h5-16H,17-18H2,1-4H3. The van der Waals surface area contributed by atoms with Gasteiger partial charge in [0.25, 0.3) is 0 Å². The largest absolute Gasteiger partial charge is 0.0616 e. The van der Waals surface area contributed by atoms with Gasteiger partial charge in [-0.25, -0.2) is 0 Å². The maximum atomic E-state index is 2.51. The van der Waals surface area contributed by atoms with Gasteiger partial charge in [-0.05, 0) is 79.6 Å². The molecule has 0 saturated carbocycles. The van der Waals surface area contributed by atoms with Gasteiger partial charge in [0.2, 0.25) is 0 Å². The molecule has 0 aromatic heterocycles. The minimum atomic E-state index is 0.117. The first-order valence-corrected chi connectivity index (χ1v) is 10.9. The van der Waals surface area contributed by atoms with Crippen molar-refractivity contribution in [2.24, 2.45) is 0 Å². The van der Waals surface area contributed by atoms with E-state index in [0.29, 0.717) is 0 Å². The van der Waals surface area contributed by atoms with Gasteiger partial charge < -0.3 is 0 Å². The highest BCUT2D eigenvalue weighted by Crippen LogP contribution is 2.63. The fraction of sp³-hybridized carbons (Fsp3) is 0.310. The summed E-state index contributed by atoms with van der Waals surface area (Å²) in [6.07, 6.45) is 2.39. The molecule has 0 amide bonds. The van der Waals surface area contributed by atoms with Crippen molar-refractivity contribution >= 4 is 21.5 Å². The van der Waals surface area contributed by atoms with Crippen molar-refractivity contribution in [2.75, 3.05) is 0 Å². The van der Waals surface area contributed by atoms with Gasteiger partial charge in [-0.3, -0.25) is 0 Å². The molecule has 0 nitrogen and oxygen atoms in total. The predicted octanol–water partition coefficient (Wildman–Crippen LogP) is 7.64. The lowest BCUT2D eigenvalue weighted by atomic mass is 9.72. The summed E-state index contributed by atoms with van der Waals surface area (Å²) in [5.74, 6) is 0. The first-order chi connectivity index (χ1) is 13.8. The molecule has 0 N–H and O–H groups in total.